The number of cyclic esters (lactones) is 1. The molecule has 0 saturated carbocycles. The summed E-state index contributed by atoms with van der Waals surface area (Å²) < 4.78 is 49.7. The predicted octanol–water partition coefficient (Wildman–Crippen LogP) is 4.24. The van der Waals surface area contributed by atoms with Crippen molar-refractivity contribution in [2.75, 3.05) is 34.4 Å². The molecule has 4 rings (SSSR count). The minimum absolute atomic E-state index is 0.0368. The SMILES string of the molecule is CC[C@@H]1OC(=O)[C@H](C)[C@@H](O[C@H]2C[C@@](C)(OC)[C@@H](OC(C)=O)[C@H](C)O2)[C@H](C)[C@@H](O[C@@H]2O[C@H](C)C[C@H](N(C)C)[C@H]2O)C(C)(O)C[C@@H](C)/C(=N\OCCOc2ccccc2)[C@@H](C)[C@@H](O)[C@]1(C)O. The highest BCUT2D eigenvalue weighted by Crippen LogP contribution is 2.41. The van der Waals surface area contributed by atoms with Gasteiger partial charge in [0.15, 0.2) is 25.3 Å². The van der Waals surface area contributed by atoms with Crippen LogP contribution in [0, 0.1) is 23.7 Å². The number of carbonyl (C=O) groups is 2. The normalized spacial score (nSPS) is 42.4. The lowest BCUT2D eigenvalue weighted by atomic mass is 9.73. The minimum atomic E-state index is -1.98. The van der Waals surface area contributed by atoms with Gasteiger partial charge >= 0.3 is 11.9 Å². The lowest BCUT2D eigenvalue weighted by Gasteiger charge is -2.49. The molecule has 0 aromatic heterocycles. The minimum Gasteiger partial charge on any atom is -0.490 e. The van der Waals surface area contributed by atoms with Gasteiger partial charge in [0.05, 0.1) is 47.8 Å². The highest BCUT2D eigenvalue weighted by atomic mass is 16.7. The second-order valence-electron chi connectivity index (χ2n) is 19.2. The summed E-state index contributed by atoms with van der Waals surface area (Å²) in [4.78, 5) is 34.3. The second kappa shape index (κ2) is 22.7. The summed E-state index contributed by atoms with van der Waals surface area (Å²) in [5, 5.41) is 53.2. The molecule has 17 heteroatoms. The lowest BCUT2D eigenvalue weighted by molar-refractivity contribution is -0.318. The first-order chi connectivity index (χ1) is 29.9. The van der Waals surface area contributed by atoms with Crippen LogP contribution in [-0.4, -0.2) is 162 Å². The van der Waals surface area contributed by atoms with Gasteiger partial charge in [0.2, 0.25) is 0 Å². The quantitative estimate of drug-likeness (QED) is 0.124. The smallest absolute Gasteiger partial charge is 0.311 e. The largest absolute Gasteiger partial charge is 0.490 e. The van der Waals surface area contributed by atoms with Crippen LogP contribution < -0.4 is 4.74 Å². The average Bonchev–Trinajstić information content (AvgIpc) is 3.22. The van der Waals surface area contributed by atoms with Crippen LogP contribution in [0.25, 0.3) is 0 Å². The van der Waals surface area contributed by atoms with E-state index < -0.39 is 108 Å². The van der Waals surface area contributed by atoms with Gasteiger partial charge in [0.1, 0.15) is 35.8 Å². The molecule has 0 amide bonds. The molecule has 0 bridgehead atoms. The number of hydrogen-bond donors (Lipinski definition) is 4. The molecule has 18 atom stereocenters. The van der Waals surface area contributed by atoms with Crippen LogP contribution in [-0.2, 0) is 47.6 Å². The van der Waals surface area contributed by atoms with Gasteiger partial charge in [0.25, 0.3) is 0 Å². The van der Waals surface area contributed by atoms with E-state index in [9.17, 15) is 30.0 Å². The molecule has 3 fully saturated rings. The first-order valence-electron chi connectivity index (χ1n) is 22.8. The third kappa shape index (κ3) is 12.9. The molecular weight excluding hydrogens is 833 g/mol. The zero-order valence-corrected chi connectivity index (χ0v) is 40.5. The number of aliphatic hydroxyl groups excluding tert-OH is 2. The number of para-hydroxylation sites is 1. The van der Waals surface area contributed by atoms with Crippen molar-refractivity contribution in [1.82, 2.24) is 4.90 Å². The number of oxime groups is 1. The van der Waals surface area contributed by atoms with E-state index in [4.69, 9.17) is 42.7 Å². The Morgan fingerprint density at radius 2 is 1.58 bits per heavy atom. The van der Waals surface area contributed by atoms with Crippen molar-refractivity contribution in [2.45, 2.75) is 186 Å². The molecule has 64 heavy (non-hydrogen) atoms. The van der Waals surface area contributed by atoms with Crippen LogP contribution >= 0.6 is 0 Å². The molecule has 4 N–H and O–H groups in total. The Morgan fingerprint density at radius 1 is 0.922 bits per heavy atom. The molecule has 3 aliphatic rings. The number of benzene rings is 1. The van der Waals surface area contributed by atoms with Gasteiger partial charge < -0.3 is 68.1 Å². The summed E-state index contributed by atoms with van der Waals surface area (Å²) in [5.74, 6) is -4.07. The number of hydrogen-bond acceptors (Lipinski definition) is 17. The average molecular weight is 911 g/mol. The van der Waals surface area contributed by atoms with Gasteiger partial charge in [-0.1, -0.05) is 51.0 Å². The molecule has 1 unspecified atom stereocenters. The zero-order chi connectivity index (χ0) is 47.9. The van der Waals surface area contributed by atoms with E-state index in [1.54, 1.807) is 48.5 Å². The molecule has 17 nitrogen and oxygen atoms in total. The van der Waals surface area contributed by atoms with Crippen LogP contribution in [0.2, 0.25) is 0 Å². The maximum Gasteiger partial charge on any atom is 0.311 e. The molecule has 3 saturated heterocycles. The number of rotatable bonds is 13. The van der Waals surface area contributed by atoms with E-state index >= 15 is 0 Å². The molecule has 1 aromatic carbocycles. The van der Waals surface area contributed by atoms with Crippen molar-refractivity contribution in [3.05, 3.63) is 30.3 Å². The molecule has 3 heterocycles. The Bertz CT molecular complexity index is 1660. The summed E-state index contributed by atoms with van der Waals surface area (Å²) in [6, 6.07) is 8.89. The fourth-order valence-corrected chi connectivity index (χ4v) is 9.81. The van der Waals surface area contributed by atoms with Gasteiger partial charge in [-0.3, -0.25) is 9.59 Å². The van der Waals surface area contributed by atoms with Gasteiger partial charge in [-0.25, -0.2) is 0 Å². The Kier molecular flexibility index (Phi) is 19.0. The number of aliphatic hydroxyl groups is 4. The van der Waals surface area contributed by atoms with Crippen molar-refractivity contribution in [3.8, 4) is 5.75 Å². The van der Waals surface area contributed by atoms with Crippen molar-refractivity contribution in [2.24, 2.45) is 28.8 Å². The molecule has 0 radical (unpaired) electrons. The van der Waals surface area contributed by atoms with Crippen LogP contribution in [0.4, 0.5) is 0 Å². The summed E-state index contributed by atoms with van der Waals surface area (Å²) in [5.41, 5.74) is -4.52. The number of carbonyl (C=O) groups excluding carboxylic acids is 2. The summed E-state index contributed by atoms with van der Waals surface area (Å²) >= 11 is 0. The van der Waals surface area contributed by atoms with E-state index in [1.807, 2.05) is 63.2 Å². The van der Waals surface area contributed by atoms with Crippen LogP contribution in [0.1, 0.15) is 102 Å². The standard InChI is InChI=1S/C47H78N2O15/c1-15-35-47(11,55)40(52)28(4)37(48-58-22-21-57-33-19-17-16-18-20-33)26(2)24-45(9,54)41(64-44-38(51)34(49(12)13)23-27(3)59-44)29(5)39(30(6)43(53)62-35)63-36-25-46(10,56-14)42(31(7)60-36)61-32(8)50/h16-20,26-31,34-36,38-42,44,51-52,54-55H,15,21-25H2,1-14H3/b48-37+/t26-,27-,28-,29+,30-,31+,34+,35+,36+,38-,39+,40-,41-,42+,44+,45?,46-,47-/m1/s1. The lowest BCUT2D eigenvalue weighted by Crippen LogP contribution is -2.61. The number of likely N-dealkylation sites (N-methyl/N-ethyl adjacent to an activating group) is 1. The van der Waals surface area contributed by atoms with Crippen molar-refractivity contribution in [3.63, 3.8) is 0 Å². The Labute approximate surface area is 380 Å². The Hall–Kier alpha value is -2.97. The van der Waals surface area contributed by atoms with Crippen LogP contribution in [0.3, 0.4) is 0 Å². The Balaban J connectivity index is 1.83. The third-order valence-electron chi connectivity index (χ3n) is 13.5. The summed E-state index contributed by atoms with van der Waals surface area (Å²) in [6.45, 7) is 18.6. The molecule has 1 aromatic rings. The van der Waals surface area contributed by atoms with Gasteiger partial charge in [0, 0.05) is 44.2 Å². The van der Waals surface area contributed by atoms with E-state index in [0.29, 0.717) is 17.9 Å². The highest BCUT2D eigenvalue weighted by Gasteiger charge is 2.54. The molecule has 0 aliphatic carbocycles. The first-order valence-corrected chi connectivity index (χ1v) is 22.8. The van der Waals surface area contributed by atoms with E-state index in [0.717, 1.165) is 0 Å². The highest BCUT2D eigenvalue weighted by molar-refractivity contribution is 5.88. The molecule has 0 spiro atoms. The Morgan fingerprint density at radius 3 is 2.17 bits per heavy atom. The second-order valence-corrected chi connectivity index (χ2v) is 19.2. The number of nitrogens with zero attached hydrogens (tertiary/aromatic N) is 2. The van der Waals surface area contributed by atoms with Gasteiger partial charge in [-0.05, 0) is 87.0 Å². The van der Waals surface area contributed by atoms with Gasteiger partial charge in [-0.15, -0.1) is 0 Å². The van der Waals surface area contributed by atoms with Gasteiger partial charge in [-0.2, -0.15) is 0 Å². The topological polar surface area (TPSA) is 214 Å². The van der Waals surface area contributed by atoms with Crippen molar-refractivity contribution < 1.29 is 72.7 Å². The number of esters is 2. The molecule has 3 aliphatic heterocycles. The maximum atomic E-state index is 14.5. The number of methoxy groups -OCH3 is 1. The van der Waals surface area contributed by atoms with E-state index in [-0.39, 0.29) is 44.6 Å². The van der Waals surface area contributed by atoms with E-state index in [1.165, 1.54) is 21.0 Å². The van der Waals surface area contributed by atoms with E-state index in [2.05, 4.69) is 5.16 Å². The third-order valence-corrected chi connectivity index (χ3v) is 13.5. The fourth-order valence-electron chi connectivity index (χ4n) is 9.81. The van der Waals surface area contributed by atoms with Crippen molar-refractivity contribution >= 4 is 17.7 Å². The molecule has 366 valence electrons. The van der Waals surface area contributed by atoms with Crippen molar-refractivity contribution in [1.29, 1.82) is 0 Å². The zero-order valence-electron chi connectivity index (χ0n) is 40.5. The monoisotopic (exact) mass is 911 g/mol. The van der Waals surface area contributed by atoms with Crippen LogP contribution in [0.5, 0.6) is 5.75 Å². The predicted molar refractivity (Wildman–Crippen MR) is 236 cm³/mol. The number of ether oxygens (including phenoxy) is 8. The maximum absolute atomic E-state index is 14.5. The fraction of sp³-hybridized carbons (Fsp3) is 0.809. The molecular formula is C47H78N2O15. The first kappa shape index (κ1) is 53.6. The summed E-state index contributed by atoms with van der Waals surface area (Å²) in [6.07, 6.45) is -9.51. The summed E-state index contributed by atoms with van der Waals surface area (Å²) in [7, 11) is 5.23. The van der Waals surface area contributed by atoms with Crippen LogP contribution in [0.15, 0.2) is 35.5 Å².